The second-order valence-corrected chi connectivity index (χ2v) is 5.76. The van der Waals surface area contributed by atoms with Gasteiger partial charge in [0.1, 0.15) is 0 Å². The van der Waals surface area contributed by atoms with Crippen molar-refractivity contribution < 1.29 is 0 Å². The molecule has 18 heavy (non-hydrogen) atoms. The second-order valence-electron chi connectivity index (χ2n) is 5.76. The summed E-state index contributed by atoms with van der Waals surface area (Å²) in [5.74, 6) is 0. The van der Waals surface area contributed by atoms with Crippen molar-refractivity contribution in [2.75, 3.05) is 24.5 Å². The lowest BCUT2D eigenvalue weighted by atomic mass is 9.98. The van der Waals surface area contributed by atoms with Crippen LogP contribution in [0.2, 0.25) is 0 Å². The van der Waals surface area contributed by atoms with E-state index in [1.165, 1.54) is 68.6 Å². The van der Waals surface area contributed by atoms with E-state index in [0.29, 0.717) is 6.04 Å². The normalized spacial score (nSPS) is 24.5. The second kappa shape index (κ2) is 5.31. The molecule has 2 aliphatic rings. The van der Waals surface area contributed by atoms with Crippen LogP contribution in [0.5, 0.6) is 0 Å². The van der Waals surface area contributed by atoms with Crippen LogP contribution in [0.15, 0.2) is 18.2 Å². The van der Waals surface area contributed by atoms with Crippen LogP contribution in [-0.4, -0.2) is 19.6 Å². The fourth-order valence-electron chi connectivity index (χ4n) is 3.33. The summed E-state index contributed by atoms with van der Waals surface area (Å²) in [5, 5.41) is 3.65. The van der Waals surface area contributed by atoms with Crippen LogP contribution in [0, 0.1) is 6.92 Å². The van der Waals surface area contributed by atoms with Gasteiger partial charge in [-0.25, -0.2) is 0 Å². The standard InChI is InChI=1S/C16H24N2/c1-13-7-8-16(18-10-3-2-4-11-18)14(12-13)15-6-5-9-17-15/h7-8,12,15,17H,2-6,9-11H2,1H3. The van der Waals surface area contributed by atoms with Gasteiger partial charge in [0.15, 0.2) is 0 Å². The number of nitrogens with one attached hydrogen (secondary N) is 1. The van der Waals surface area contributed by atoms with Gasteiger partial charge in [-0.2, -0.15) is 0 Å². The Hall–Kier alpha value is -1.02. The van der Waals surface area contributed by atoms with Gasteiger partial charge >= 0.3 is 0 Å². The maximum atomic E-state index is 3.65. The largest absolute Gasteiger partial charge is 0.371 e. The number of rotatable bonds is 2. The van der Waals surface area contributed by atoms with Crippen molar-refractivity contribution in [3.8, 4) is 0 Å². The molecule has 2 aliphatic heterocycles. The highest BCUT2D eigenvalue weighted by Crippen LogP contribution is 2.33. The van der Waals surface area contributed by atoms with Crippen molar-refractivity contribution in [2.45, 2.75) is 45.1 Å². The Labute approximate surface area is 110 Å². The number of hydrogen-bond acceptors (Lipinski definition) is 2. The van der Waals surface area contributed by atoms with Gasteiger partial charge in [-0.05, 0) is 57.2 Å². The molecule has 2 heteroatoms. The number of piperidine rings is 1. The molecule has 2 heterocycles. The summed E-state index contributed by atoms with van der Waals surface area (Å²) >= 11 is 0. The Balaban J connectivity index is 1.91. The van der Waals surface area contributed by atoms with Crippen molar-refractivity contribution in [3.05, 3.63) is 29.3 Å². The van der Waals surface area contributed by atoms with E-state index < -0.39 is 0 Å². The average Bonchev–Trinajstić information content (AvgIpc) is 2.93. The molecule has 1 aromatic carbocycles. The van der Waals surface area contributed by atoms with E-state index in [2.05, 4.69) is 35.3 Å². The van der Waals surface area contributed by atoms with E-state index in [-0.39, 0.29) is 0 Å². The zero-order chi connectivity index (χ0) is 12.4. The number of aryl methyl sites for hydroxylation is 1. The Bertz CT molecular complexity index is 402. The molecule has 0 spiro atoms. The van der Waals surface area contributed by atoms with Gasteiger partial charge in [-0.15, -0.1) is 0 Å². The molecular weight excluding hydrogens is 220 g/mol. The predicted octanol–water partition coefficient (Wildman–Crippen LogP) is 3.41. The summed E-state index contributed by atoms with van der Waals surface area (Å²) in [6.07, 6.45) is 6.72. The van der Waals surface area contributed by atoms with Gasteiger partial charge in [0.2, 0.25) is 0 Å². The number of hydrogen-bond donors (Lipinski definition) is 1. The Morgan fingerprint density at radius 1 is 1.11 bits per heavy atom. The van der Waals surface area contributed by atoms with Crippen LogP contribution in [-0.2, 0) is 0 Å². The molecule has 0 radical (unpaired) electrons. The van der Waals surface area contributed by atoms with Crippen molar-refractivity contribution in [1.29, 1.82) is 0 Å². The lowest BCUT2D eigenvalue weighted by Crippen LogP contribution is -2.31. The number of benzene rings is 1. The maximum absolute atomic E-state index is 3.65. The fraction of sp³-hybridized carbons (Fsp3) is 0.625. The third-order valence-electron chi connectivity index (χ3n) is 4.32. The van der Waals surface area contributed by atoms with Crippen LogP contribution in [0.3, 0.4) is 0 Å². The monoisotopic (exact) mass is 244 g/mol. The van der Waals surface area contributed by atoms with E-state index in [9.17, 15) is 0 Å². The highest BCUT2D eigenvalue weighted by atomic mass is 15.1. The zero-order valence-corrected chi connectivity index (χ0v) is 11.4. The minimum absolute atomic E-state index is 0.585. The molecular formula is C16H24N2. The summed E-state index contributed by atoms with van der Waals surface area (Å²) in [6, 6.07) is 7.59. The summed E-state index contributed by atoms with van der Waals surface area (Å²) < 4.78 is 0. The van der Waals surface area contributed by atoms with E-state index in [1.54, 1.807) is 0 Å². The molecule has 1 aromatic rings. The van der Waals surface area contributed by atoms with Gasteiger partial charge in [-0.1, -0.05) is 17.7 Å². The van der Waals surface area contributed by atoms with Crippen molar-refractivity contribution >= 4 is 5.69 Å². The predicted molar refractivity (Wildman–Crippen MR) is 77.2 cm³/mol. The van der Waals surface area contributed by atoms with Gasteiger partial charge < -0.3 is 10.2 Å². The molecule has 3 rings (SSSR count). The maximum Gasteiger partial charge on any atom is 0.0414 e. The van der Waals surface area contributed by atoms with Crippen LogP contribution >= 0.6 is 0 Å². The SMILES string of the molecule is Cc1ccc(N2CCCCC2)c(C2CCCN2)c1. The summed E-state index contributed by atoms with van der Waals surface area (Å²) in [6.45, 7) is 5.86. The van der Waals surface area contributed by atoms with E-state index >= 15 is 0 Å². The zero-order valence-electron chi connectivity index (χ0n) is 11.4. The first-order valence-electron chi connectivity index (χ1n) is 7.43. The Morgan fingerprint density at radius 2 is 1.94 bits per heavy atom. The molecule has 0 bridgehead atoms. The Morgan fingerprint density at radius 3 is 2.67 bits per heavy atom. The van der Waals surface area contributed by atoms with Crippen molar-refractivity contribution in [3.63, 3.8) is 0 Å². The van der Waals surface area contributed by atoms with Gasteiger partial charge in [0.05, 0.1) is 0 Å². The molecule has 2 nitrogen and oxygen atoms in total. The van der Waals surface area contributed by atoms with Crippen LogP contribution in [0.1, 0.15) is 49.3 Å². The summed E-state index contributed by atoms with van der Waals surface area (Å²) in [4.78, 5) is 2.60. The van der Waals surface area contributed by atoms with Crippen LogP contribution in [0.4, 0.5) is 5.69 Å². The first-order chi connectivity index (χ1) is 8.84. The minimum atomic E-state index is 0.585. The minimum Gasteiger partial charge on any atom is -0.371 e. The highest BCUT2D eigenvalue weighted by Gasteiger charge is 2.22. The topological polar surface area (TPSA) is 15.3 Å². The lowest BCUT2D eigenvalue weighted by Gasteiger charge is -2.32. The fourth-order valence-corrected chi connectivity index (χ4v) is 3.33. The third-order valence-corrected chi connectivity index (χ3v) is 4.32. The molecule has 0 aliphatic carbocycles. The van der Waals surface area contributed by atoms with Crippen molar-refractivity contribution in [2.24, 2.45) is 0 Å². The van der Waals surface area contributed by atoms with E-state index in [1.807, 2.05) is 0 Å². The van der Waals surface area contributed by atoms with Crippen molar-refractivity contribution in [1.82, 2.24) is 5.32 Å². The summed E-state index contributed by atoms with van der Waals surface area (Å²) in [7, 11) is 0. The first kappa shape index (κ1) is 12.0. The van der Waals surface area contributed by atoms with Crippen LogP contribution < -0.4 is 10.2 Å². The molecule has 1 atom stereocenters. The summed E-state index contributed by atoms with van der Waals surface area (Å²) in [5.41, 5.74) is 4.41. The lowest BCUT2D eigenvalue weighted by molar-refractivity contribution is 0.569. The molecule has 0 aromatic heterocycles. The molecule has 1 N–H and O–H groups in total. The first-order valence-corrected chi connectivity index (χ1v) is 7.43. The number of anilines is 1. The molecule has 0 saturated carbocycles. The van der Waals surface area contributed by atoms with Gasteiger partial charge in [0, 0.05) is 24.8 Å². The average molecular weight is 244 g/mol. The Kier molecular flexibility index (Phi) is 3.55. The molecule has 2 saturated heterocycles. The van der Waals surface area contributed by atoms with E-state index in [4.69, 9.17) is 0 Å². The number of nitrogens with zero attached hydrogens (tertiary/aromatic N) is 1. The molecule has 1 unspecified atom stereocenters. The molecule has 0 amide bonds. The molecule has 2 fully saturated rings. The van der Waals surface area contributed by atoms with Crippen LogP contribution in [0.25, 0.3) is 0 Å². The highest BCUT2D eigenvalue weighted by molar-refractivity contribution is 5.56. The van der Waals surface area contributed by atoms with Gasteiger partial charge in [-0.3, -0.25) is 0 Å². The van der Waals surface area contributed by atoms with E-state index in [0.717, 1.165) is 0 Å². The van der Waals surface area contributed by atoms with Gasteiger partial charge in [0.25, 0.3) is 0 Å². The third kappa shape index (κ3) is 2.39. The smallest absolute Gasteiger partial charge is 0.0414 e. The quantitative estimate of drug-likeness (QED) is 0.857. The molecule has 98 valence electrons.